The van der Waals surface area contributed by atoms with Crippen LogP contribution in [-0.2, 0) is 0 Å². The molecule has 1 atom stereocenters. The molecule has 0 bridgehead atoms. The van der Waals surface area contributed by atoms with Gasteiger partial charge in [0.25, 0.3) is 5.91 Å². The monoisotopic (exact) mass is 388 g/mol. The van der Waals surface area contributed by atoms with Gasteiger partial charge in [0.05, 0.1) is 5.92 Å². The van der Waals surface area contributed by atoms with Crippen molar-refractivity contribution in [3.05, 3.63) is 64.7 Å². The van der Waals surface area contributed by atoms with Crippen molar-refractivity contribution in [2.75, 3.05) is 13.1 Å². The predicted molar refractivity (Wildman–Crippen MR) is 112 cm³/mol. The number of nitrogens with zero attached hydrogens (tertiary/aromatic N) is 2. The van der Waals surface area contributed by atoms with E-state index in [1.54, 1.807) is 0 Å². The highest BCUT2D eigenvalue weighted by atomic mass is 16.4. The van der Waals surface area contributed by atoms with E-state index < -0.39 is 0 Å². The van der Waals surface area contributed by atoms with Crippen LogP contribution in [0.4, 0.5) is 0 Å². The van der Waals surface area contributed by atoms with E-state index >= 15 is 0 Å². The lowest BCUT2D eigenvalue weighted by molar-refractivity contribution is 0.0668. The molecule has 1 fully saturated rings. The lowest BCUT2D eigenvalue weighted by Crippen LogP contribution is -2.39. The largest absolute Gasteiger partial charge is 0.450 e. The van der Waals surface area contributed by atoms with Crippen molar-refractivity contribution in [1.82, 2.24) is 9.88 Å². The van der Waals surface area contributed by atoms with Gasteiger partial charge in [0.1, 0.15) is 11.1 Å². The Morgan fingerprint density at radius 1 is 1.07 bits per heavy atom. The van der Waals surface area contributed by atoms with Gasteiger partial charge in [0, 0.05) is 24.0 Å². The molecule has 1 unspecified atom stereocenters. The number of benzene rings is 2. The smallest absolute Gasteiger partial charge is 0.289 e. The number of para-hydroxylation sites is 2. The number of rotatable bonds is 2. The number of hydrogen-bond acceptors (Lipinski definition) is 4. The van der Waals surface area contributed by atoms with Gasteiger partial charge in [-0.15, -0.1) is 0 Å². The van der Waals surface area contributed by atoms with Gasteiger partial charge in [-0.1, -0.05) is 24.3 Å². The molecule has 0 radical (unpaired) electrons. The molecule has 0 N–H and O–H groups in total. The van der Waals surface area contributed by atoms with Gasteiger partial charge in [-0.2, -0.15) is 0 Å². The molecule has 2 aromatic carbocycles. The van der Waals surface area contributed by atoms with Gasteiger partial charge in [0.2, 0.25) is 0 Å². The van der Waals surface area contributed by atoms with Crippen molar-refractivity contribution in [1.29, 1.82) is 0 Å². The van der Waals surface area contributed by atoms with Gasteiger partial charge in [-0.3, -0.25) is 4.79 Å². The number of amides is 1. The summed E-state index contributed by atoms with van der Waals surface area (Å²) < 4.78 is 12.1. The summed E-state index contributed by atoms with van der Waals surface area (Å²) in [4.78, 5) is 19.9. The fourth-order valence-electron chi connectivity index (χ4n) is 4.45. The highest BCUT2D eigenvalue weighted by Gasteiger charge is 2.31. The van der Waals surface area contributed by atoms with Gasteiger partial charge in [-0.05, 0) is 56.9 Å². The van der Waals surface area contributed by atoms with E-state index in [0.717, 1.165) is 64.0 Å². The van der Waals surface area contributed by atoms with Gasteiger partial charge < -0.3 is 13.7 Å². The molecule has 2 aromatic heterocycles. The average Bonchev–Trinajstić information content (AvgIpc) is 3.32. The van der Waals surface area contributed by atoms with Crippen molar-refractivity contribution >= 4 is 28.0 Å². The summed E-state index contributed by atoms with van der Waals surface area (Å²) in [6.45, 7) is 7.38. The Balaban J connectivity index is 1.46. The molecule has 1 saturated heterocycles. The molecule has 0 saturated carbocycles. The van der Waals surface area contributed by atoms with E-state index in [1.165, 1.54) is 0 Å². The highest BCUT2D eigenvalue weighted by Crippen LogP contribution is 2.34. The third kappa shape index (κ3) is 2.92. The minimum absolute atomic E-state index is 0.0432. The van der Waals surface area contributed by atoms with E-state index in [1.807, 2.05) is 49.1 Å². The third-order valence-electron chi connectivity index (χ3n) is 6.05. The zero-order valence-corrected chi connectivity index (χ0v) is 17.0. The number of furan rings is 1. The van der Waals surface area contributed by atoms with E-state index in [4.69, 9.17) is 8.83 Å². The van der Waals surface area contributed by atoms with E-state index in [2.05, 4.69) is 18.0 Å². The first-order valence-corrected chi connectivity index (χ1v) is 10.2. The average molecular weight is 388 g/mol. The van der Waals surface area contributed by atoms with Crippen molar-refractivity contribution in [3.8, 4) is 0 Å². The van der Waals surface area contributed by atoms with Crippen LogP contribution in [0.25, 0.3) is 22.1 Å². The summed E-state index contributed by atoms with van der Waals surface area (Å²) in [7, 11) is 0. The fraction of sp³-hybridized carbons (Fsp3) is 0.333. The van der Waals surface area contributed by atoms with E-state index in [0.29, 0.717) is 12.3 Å². The normalized spacial score (nSPS) is 17.3. The van der Waals surface area contributed by atoms with E-state index in [9.17, 15) is 4.79 Å². The molecule has 148 valence electrons. The molecule has 5 nitrogen and oxygen atoms in total. The molecular formula is C24H24N2O3. The molecular weight excluding hydrogens is 364 g/mol. The Hall–Kier alpha value is -3.08. The topological polar surface area (TPSA) is 59.5 Å². The Bertz CT molecular complexity index is 1200. The van der Waals surface area contributed by atoms with Crippen molar-refractivity contribution in [2.24, 2.45) is 0 Å². The molecule has 5 heteroatoms. The second kappa shape index (κ2) is 6.76. The maximum Gasteiger partial charge on any atom is 0.289 e. The summed E-state index contributed by atoms with van der Waals surface area (Å²) in [5.74, 6) is 1.24. The summed E-state index contributed by atoms with van der Waals surface area (Å²) in [6.07, 6.45) is 1.89. The number of hydrogen-bond donors (Lipinski definition) is 0. The maximum atomic E-state index is 13.3. The summed E-state index contributed by atoms with van der Waals surface area (Å²) >= 11 is 0. The van der Waals surface area contributed by atoms with Crippen molar-refractivity contribution in [2.45, 2.75) is 39.5 Å². The van der Waals surface area contributed by atoms with Crippen LogP contribution in [0.3, 0.4) is 0 Å². The van der Waals surface area contributed by atoms with E-state index in [-0.39, 0.29) is 11.8 Å². The number of likely N-dealkylation sites (tertiary alicyclic amines) is 1. The molecule has 1 amide bonds. The number of carbonyl (C=O) groups excluding carboxylic acids is 1. The van der Waals surface area contributed by atoms with Crippen LogP contribution < -0.4 is 0 Å². The zero-order chi connectivity index (χ0) is 20.1. The standard InChI is InChI=1S/C24H24N2O3/c1-14-10-11-15(2)21-20(14)16(3)22(29-21)24(27)26-12-6-7-17(13-26)23-25-18-8-4-5-9-19(18)28-23/h4-5,8-11,17H,6-7,12-13H2,1-3H3. The molecule has 1 aliphatic rings. The fourth-order valence-corrected chi connectivity index (χ4v) is 4.45. The molecule has 5 rings (SSSR count). The van der Waals surface area contributed by atoms with Crippen LogP contribution in [0.5, 0.6) is 0 Å². The second-order valence-corrected chi connectivity index (χ2v) is 8.07. The van der Waals surface area contributed by atoms with Crippen LogP contribution in [-0.4, -0.2) is 28.9 Å². The number of aryl methyl sites for hydroxylation is 3. The Morgan fingerprint density at radius 3 is 2.66 bits per heavy atom. The molecule has 3 heterocycles. The van der Waals surface area contributed by atoms with Crippen LogP contribution in [0.15, 0.2) is 45.2 Å². The molecule has 0 spiro atoms. The number of oxazole rings is 1. The lowest BCUT2D eigenvalue weighted by Gasteiger charge is -2.30. The van der Waals surface area contributed by atoms with Crippen LogP contribution in [0.2, 0.25) is 0 Å². The van der Waals surface area contributed by atoms with Crippen LogP contribution in [0.1, 0.15) is 51.9 Å². The van der Waals surface area contributed by atoms with Gasteiger partial charge >= 0.3 is 0 Å². The van der Waals surface area contributed by atoms with Gasteiger partial charge in [-0.25, -0.2) is 4.98 Å². The van der Waals surface area contributed by atoms with Crippen LogP contribution in [0, 0.1) is 20.8 Å². The Morgan fingerprint density at radius 2 is 1.86 bits per heavy atom. The molecule has 29 heavy (non-hydrogen) atoms. The first-order valence-electron chi connectivity index (χ1n) is 10.2. The minimum Gasteiger partial charge on any atom is -0.450 e. The zero-order valence-electron chi connectivity index (χ0n) is 17.0. The summed E-state index contributed by atoms with van der Waals surface area (Å²) in [6, 6.07) is 11.9. The molecule has 0 aliphatic carbocycles. The molecule has 1 aliphatic heterocycles. The number of aromatic nitrogens is 1. The Kier molecular flexibility index (Phi) is 4.19. The predicted octanol–water partition coefficient (Wildman–Crippen LogP) is 5.52. The van der Waals surface area contributed by atoms with Crippen molar-refractivity contribution in [3.63, 3.8) is 0 Å². The second-order valence-electron chi connectivity index (χ2n) is 8.07. The Labute approximate surface area is 169 Å². The summed E-state index contributed by atoms with van der Waals surface area (Å²) in [5.41, 5.74) is 5.59. The van der Waals surface area contributed by atoms with Gasteiger partial charge in [0.15, 0.2) is 17.2 Å². The quantitative estimate of drug-likeness (QED) is 0.454. The van der Waals surface area contributed by atoms with Crippen molar-refractivity contribution < 1.29 is 13.6 Å². The summed E-state index contributed by atoms with van der Waals surface area (Å²) in [5, 5.41) is 1.06. The minimum atomic E-state index is -0.0432. The number of piperidine rings is 1. The first-order chi connectivity index (χ1) is 14.0. The SMILES string of the molecule is Cc1ccc(C)c2c(C)c(C(=O)N3CCCC(c4nc5ccccc5o4)C3)oc12. The highest BCUT2D eigenvalue weighted by molar-refractivity contribution is 6.00. The first kappa shape index (κ1) is 18.0. The molecule has 4 aromatic rings. The third-order valence-corrected chi connectivity index (χ3v) is 6.05. The maximum absolute atomic E-state index is 13.3. The number of carbonyl (C=O) groups is 1. The van der Waals surface area contributed by atoms with Crippen LogP contribution >= 0.6 is 0 Å². The lowest BCUT2D eigenvalue weighted by atomic mass is 9.97. The number of fused-ring (bicyclic) bond motifs is 2.